The minimum Gasteiger partial charge on any atom is -0.376 e. The fraction of sp³-hybridized carbons (Fsp3) is 0.500. The maximum Gasteiger partial charge on any atom is 0.0809 e. The fourth-order valence-electron chi connectivity index (χ4n) is 0.747. The molecule has 0 atom stereocenters. The highest BCUT2D eigenvalue weighted by molar-refractivity contribution is 9.10. The normalized spacial score (nSPS) is 10.4. The van der Waals surface area contributed by atoms with Crippen molar-refractivity contribution >= 4 is 27.3 Å². The van der Waals surface area contributed by atoms with Crippen molar-refractivity contribution in [2.45, 2.75) is 20.0 Å². The zero-order valence-electron chi connectivity index (χ0n) is 6.47. The standard InChI is InChI=1S/C8H11BrOS/c1-2-3-10-5-8-4-7(9)6-11-8/h4,6H,2-3,5H2,1H3. The van der Waals surface area contributed by atoms with Crippen LogP contribution in [0.4, 0.5) is 0 Å². The third-order valence-corrected chi connectivity index (χ3v) is 2.89. The Morgan fingerprint density at radius 3 is 3.00 bits per heavy atom. The van der Waals surface area contributed by atoms with Crippen LogP contribution in [0, 0.1) is 0 Å². The summed E-state index contributed by atoms with van der Waals surface area (Å²) in [4.78, 5) is 1.28. The van der Waals surface area contributed by atoms with E-state index in [2.05, 4.69) is 34.3 Å². The van der Waals surface area contributed by atoms with Gasteiger partial charge in [0.1, 0.15) is 0 Å². The average molecular weight is 235 g/mol. The van der Waals surface area contributed by atoms with Gasteiger partial charge in [-0.15, -0.1) is 11.3 Å². The van der Waals surface area contributed by atoms with Crippen LogP contribution >= 0.6 is 27.3 Å². The number of rotatable bonds is 4. The van der Waals surface area contributed by atoms with E-state index in [9.17, 15) is 0 Å². The Labute approximate surface area is 79.5 Å². The summed E-state index contributed by atoms with van der Waals surface area (Å²) in [5.41, 5.74) is 0. The molecule has 1 nitrogen and oxygen atoms in total. The monoisotopic (exact) mass is 234 g/mol. The van der Waals surface area contributed by atoms with Gasteiger partial charge in [-0.25, -0.2) is 0 Å². The molecule has 0 spiro atoms. The van der Waals surface area contributed by atoms with Gasteiger partial charge >= 0.3 is 0 Å². The number of ether oxygens (including phenoxy) is 1. The van der Waals surface area contributed by atoms with Gasteiger partial charge in [0.2, 0.25) is 0 Å². The summed E-state index contributed by atoms with van der Waals surface area (Å²) >= 11 is 5.12. The van der Waals surface area contributed by atoms with Gasteiger partial charge in [-0.2, -0.15) is 0 Å². The van der Waals surface area contributed by atoms with Crippen molar-refractivity contribution in [2.24, 2.45) is 0 Å². The zero-order chi connectivity index (χ0) is 8.10. The van der Waals surface area contributed by atoms with Crippen LogP contribution < -0.4 is 0 Å². The quantitative estimate of drug-likeness (QED) is 0.726. The van der Waals surface area contributed by atoms with Crippen molar-refractivity contribution in [2.75, 3.05) is 6.61 Å². The molecule has 0 fully saturated rings. The van der Waals surface area contributed by atoms with E-state index in [1.165, 1.54) is 4.88 Å². The Hall–Kier alpha value is 0.140. The van der Waals surface area contributed by atoms with Gasteiger partial charge in [0.15, 0.2) is 0 Å². The molecule has 1 heterocycles. The SMILES string of the molecule is CCCOCc1cc(Br)cs1. The minimum atomic E-state index is 0.754. The van der Waals surface area contributed by atoms with E-state index in [0.717, 1.165) is 24.1 Å². The highest BCUT2D eigenvalue weighted by Crippen LogP contribution is 2.20. The van der Waals surface area contributed by atoms with Crippen molar-refractivity contribution in [3.8, 4) is 0 Å². The maximum atomic E-state index is 5.37. The van der Waals surface area contributed by atoms with Crippen LogP contribution in [0.5, 0.6) is 0 Å². The summed E-state index contributed by atoms with van der Waals surface area (Å²) in [6.07, 6.45) is 1.09. The van der Waals surface area contributed by atoms with Crippen molar-refractivity contribution in [1.29, 1.82) is 0 Å². The van der Waals surface area contributed by atoms with Crippen LogP contribution in [0.15, 0.2) is 15.9 Å². The first-order valence-electron chi connectivity index (χ1n) is 3.63. The lowest BCUT2D eigenvalue weighted by Crippen LogP contribution is -1.90. The molecule has 0 unspecified atom stereocenters. The van der Waals surface area contributed by atoms with Crippen LogP contribution in [-0.2, 0) is 11.3 Å². The summed E-state index contributed by atoms with van der Waals surface area (Å²) in [7, 11) is 0. The molecule has 0 aliphatic heterocycles. The topological polar surface area (TPSA) is 9.23 Å². The summed E-state index contributed by atoms with van der Waals surface area (Å²) in [5.74, 6) is 0. The van der Waals surface area contributed by atoms with E-state index in [-0.39, 0.29) is 0 Å². The molecule has 0 bridgehead atoms. The third kappa shape index (κ3) is 3.36. The van der Waals surface area contributed by atoms with Crippen molar-refractivity contribution in [3.63, 3.8) is 0 Å². The van der Waals surface area contributed by atoms with E-state index in [0.29, 0.717) is 0 Å². The van der Waals surface area contributed by atoms with Gasteiger partial charge in [-0.3, -0.25) is 0 Å². The molecule has 0 amide bonds. The Balaban J connectivity index is 2.27. The predicted molar refractivity (Wildman–Crippen MR) is 52.0 cm³/mol. The molecule has 0 saturated heterocycles. The number of thiophene rings is 1. The first-order valence-corrected chi connectivity index (χ1v) is 5.31. The Morgan fingerprint density at radius 2 is 2.45 bits per heavy atom. The molecule has 11 heavy (non-hydrogen) atoms. The lowest BCUT2D eigenvalue weighted by molar-refractivity contribution is 0.123. The Morgan fingerprint density at radius 1 is 1.64 bits per heavy atom. The van der Waals surface area contributed by atoms with E-state index in [4.69, 9.17) is 4.74 Å². The lowest BCUT2D eigenvalue weighted by Gasteiger charge is -1.97. The van der Waals surface area contributed by atoms with Gasteiger partial charge in [0.25, 0.3) is 0 Å². The number of halogens is 1. The predicted octanol–water partition coefficient (Wildman–Crippen LogP) is 3.44. The van der Waals surface area contributed by atoms with Crippen molar-refractivity contribution in [1.82, 2.24) is 0 Å². The largest absolute Gasteiger partial charge is 0.376 e. The number of hydrogen-bond donors (Lipinski definition) is 0. The molecule has 62 valence electrons. The molecule has 0 aliphatic rings. The summed E-state index contributed by atoms with van der Waals surface area (Å²) in [5, 5.41) is 2.07. The molecule has 0 N–H and O–H groups in total. The molecule has 0 saturated carbocycles. The van der Waals surface area contributed by atoms with E-state index < -0.39 is 0 Å². The average Bonchev–Trinajstić information content (AvgIpc) is 2.37. The molecule has 0 aromatic carbocycles. The van der Waals surface area contributed by atoms with Crippen LogP contribution in [0.25, 0.3) is 0 Å². The van der Waals surface area contributed by atoms with Gasteiger partial charge in [-0.1, -0.05) is 6.92 Å². The smallest absolute Gasteiger partial charge is 0.0809 e. The fourth-order valence-corrected chi connectivity index (χ4v) is 2.13. The van der Waals surface area contributed by atoms with Gasteiger partial charge < -0.3 is 4.74 Å². The van der Waals surface area contributed by atoms with Gasteiger partial charge in [-0.05, 0) is 28.4 Å². The molecule has 1 rings (SSSR count). The van der Waals surface area contributed by atoms with Crippen LogP contribution in [0.1, 0.15) is 18.2 Å². The molecular formula is C8H11BrOS. The molecule has 0 aliphatic carbocycles. The van der Waals surface area contributed by atoms with Crippen LogP contribution in [0.3, 0.4) is 0 Å². The molecule has 0 radical (unpaired) electrons. The second-order valence-corrected chi connectivity index (χ2v) is 4.20. The van der Waals surface area contributed by atoms with Crippen LogP contribution in [-0.4, -0.2) is 6.61 Å². The Kier molecular flexibility index (Phi) is 4.12. The summed E-state index contributed by atoms with van der Waals surface area (Å²) < 4.78 is 6.52. The first kappa shape index (κ1) is 9.23. The maximum absolute atomic E-state index is 5.37. The highest BCUT2D eigenvalue weighted by atomic mass is 79.9. The van der Waals surface area contributed by atoms with E-state index in [1.807, 2.05) is 0 Å². The second kappa shape index (κ2) is 4.91. The van der Waals surface area contributed by atoms with Crippen molar-refractivity contribution in [3.05, 3.63) is 20.8 Å². The summed E-state index contributed by atoms with van der Waals surface area (Å²) in [6.45, 7) is 3.73. The van der Waals surface area contributed by atoms with E-state index in [1.54, 1.807) is 11.3 Å². The van der Waals surface area contributed by atoms with Crippen LogP contribution in [0.2, 0.25) is 0 Å². The first-order chi connectivity index (χ1) is 5.33. The number of hydrogen-bond acceptors (Lipinski definition) is 2. The van der Waals surface area contributed by atoms with Gasteiger partial charge in [0, 0.05) is 21.3 Å². The minimum absolute atomic E-state index is 0.754. The lowest BCUT2D eigenvalue weighted by atomic mass is 10.5. The Bertz CT molecular complexity index is 210. The zero-order valence-corrected chi connectivity index (χ0v) is 8.87. The molecule has 3 heteroatoms. The molecule has 1 aromatic heterocycles. The highest BCUT2D eigenvalue weighted by Gasteiger charge is 1.95. The molecule has 1 aromatic rings. The third-order valence-electron chi connectivity index (χ3n) is 1.21. The summed E-state index contributed by atoms with van der Waals surface area (Å²) in [6, 6.07) is 2.10. The molecular weight excluding hydrogens is 224 g/mol. The van der Waals surface area contributed by atoms with Gasteiger partial charge in [0.05, 0.1) is 6.61 Å². The van der Waals surface area contributed by atoms with Crippen molar-refractivity contribution < 1.29 is 4.74 Å². The second-order valence-electron chi connectivity index (χ2n) is 2.28. The van der Waals surface area contributed by atoms with E-state index >= 15 is 0 Å².